The molecule has 1 N–H and O–H groups in total. The van der Waals surface area contributed by atoms with E-state index in [-0.39, 0.29) is 18.2 Å². The predicted molar refractivity (Wildman–Crippen MR) is 117 cm³/mol. The summed E-state index contributed by atoms with van der Waals surface area (Å²) in [6.07, 6.45) is 1.79. The molecular weight excluding hydrogens is 382 g/mol. The summed E-state index contributed by atoms with van der Waals surface area (Å²) in [7, 11) is 0. The third kappa shape index (κ3) is 4.38. The zero-order valence-electron chi connectivity index (χ0n) is 16.6. The Morgan fingerprint density at radius 1 is 1.17 bits per heavy atom. The Morgan fingerprint density at radius 2 is 1.97 bits per heavy atom. The van der Waals surface area contributed by atoms with Crippen molar-refractivity contribution in [3.05, 3.63) is 64.0 Å². The number of anilines is 2. The molecule has 2 amide bonds. The molecule has 1 fully saturated rings. The molecule has 0 saturated carbocycles. The second-order valence-corrected chi connectivity index (χ2v) is 8.31. The maximum Gasteiger partial charge on any atom is 0.231 e. The first-order valence-corrected chi connectivity index (χ1v) is 10.6. The van der Waals surface area contributed by atoms with Crippen molar-refractivity contribution in [1.82, 2.24) is 4.98 Å². The SMILES string of the molecule is Cc1ccc(NC(=O)Cc2nc(-c3ccc(N4CCCC4=O)cc3)cs2)c(C)c1. The molecule has 0 bridgehead atoms. The quantitative estimate of drug-likeness (QED) is 0.667. The first-order valence-electron chi connectivity index (χ1n) is 9.72. The lowest BCUT2D eigenvalue weighted by Crippen LogP contribution is -2.23. The summed E-state index contributed by atoms with van der Waals surface area (Å²) in [6.45, 7) is 4.81. The second-order valence-electron chi connectivity index (χ2n) is 7.37. The zero-order valence-corrected chi connectivity index (χ0v) is 17.4. The average Bonchev–Trinajstić information content (AvgIpc) is 3.33. The van der Waals surface area contributed by atoms with Crippen LogP contribution in [0.15, 0.2) is 47.8 Å². The van der Waals surface area contributed by atoms with Gasteiger partial charge < -0.3 is 10.2 Å². The smallest absolute Gasteiger partial charge is 0.231 e. The van der Waals surface area contributed by atoms with Gasteiger partial charge in [0.2, 0.25) is 11.8 Å². The lowest BCUT2D eigenvalue weighted by molar-refractivity contribution is -0.117. The fraction of sp³-hybridized carbons (Fsp3) is 0.261. The van der Waals surface area contributed by atoms with Crippen LogP contribution < -0.4 is 10.2 Å². The van der Waals surface area contributed by atoms with Gasteiger partial charge >= 0.3 is 0 Å². The van der Waals surface area contributed by atoms with E-state index in [0.717, 1.165) is 46.2 Å². The Morgan fingerprint density at radius 3 is 2.66 bits per heavy atom. The van der Waals surface area contributed by atoms with E-state index in [1.54, 1.807) is 0 Å². The van der Waals surface area contributed by atoms with E-state index in [9.17, 15) is 9.59 Å². The maximum absolute atomic E-state index is 12.4. The van der Waals surface area contributed by atoms with Crippen LogP contribution in [0.3, 0.4) is 0 Å². The number of hydrogen-bond acceptors (Lipinski definition) is 4. The highest BCUT2D eigenvalue weighted by Gasteiger charge is 2.21. The normalized spacial score (nSPS) is 13.7. The van der Waals surface area contributed by atoms with Gasteiger partial charge in [0.25, 0.3) is 0 Å². The topological polar surface area (TPSA) is 62.3 Å². The number of aromatic nitrogens is 1. The highest BCUT2D eigenvalue weighted by molar-refractivity contribution is 7.10. The van der Waals surface area contributed by atoms with Crippen molar-refractivity contribution >= 4 is 34.5 Å². The fourth-order valence-electron chi connectivity index (χ4n) is 3.54. The van der Waals surface area contributed by atoms with Crippen molar-refractivity contribution in [3.8, 4) is 11.3 Å². The summed E-state index contributed by atoms with van der Waals surface area (Å²) in [5.41, 5.74) is 5.82. The summed E-state index contributed by atoms with van der Waals surface area (Å²) in [5, 5.41) is 5.71. The first-order chi connectivity index (χ1) is 14.0. The monoisotopic (exact) mass is 405 g/mol. The molecule has 5 nitrogen and oxygen atoms in total. The number of aryl methyl sites for hydroxylation is 2. The number of thiazole rings is 1. The summed E-state index contributed by atoms with van der Waals surface area (Å²) < 4.78 is 0. The Labute approximate surface area is 174 Å². The molecular formula is C23H23N3O2S. The molecule has 29 heavy (non-hydrogen) atoms. The van der Waals surface area contributed by atoms with Gasteiger partial charge in [0.15, 0.2) is 0 Å². The highest BCUT2D eigenvalue weighted by atomic mass is 32.1. The second kappa shape index (κ2) is 8.17. The fourth-order valence-corrected chi connectivity index (χ4v) is 4.35. The van der Waals surface area contributed by atoms with Crippen LogP contribution in [-0.4, -0.2) is 23.3 Å². The zero-order chi connectivity index (χ0) is 20.4. The largest absolute Gasteiger partial charge is 0.325 e. The third-order valence-electron chi connectivity index (χ3n) is 5.07. The van der Waals surface area contributed by atoms with E-state index in [1.165, 1.54) is 16.9 Å². The molecule has 148 valence electrons. The minimum Gasteiger partial charge on any atom is -0.325 e. The van der Waals surface area contributed by atoms with Crippen LogP contribution in [0.25, 0.3) is 11.3 Å². The van der Waals surface area contributed by atoms with Gasteiger partial charge in [-0.1, -0.05) is 29.8 Å². The van der Waals surface area contributed by atoms with Crippen LogP contribution >= 0.6 is 11.3 Å². The molecule has 4 rings (SSSR count). The molecule has 1 aliphatic rings. The number of nitrogens with zero attached hydrogens (tertiary/aromatic N) is 2. The molecule has 0 spiro atoms. The number of benzene rings is 2. The van der Waals surface area contributed by atoms with E-state index in [1.807, 2.05) is 60.5 Å². The average molecular weight is 406 g/mol. The molecule has 0 radical (unpaired) electrons. The minimum absolute atomic E-state index is 0.0688. The van der Waals surface area contributed by atoms with Crippen molar-refractivity contribution in [2.45, 2.75) is 33.1 Å². The van der Waals surface area contributed by atoms with Gasteiger partial charge in [0, 0.05) is 35.3 Å². The molecule has 3 aromatic rings. The molecule has 0 aliphatic carbocycles. The molecule has 6 heteroatoms. The predicted octanol–water partition coefficient (Wildman–Crippen LogP) is 4.73. The van der Waals surface area contributed by atoms with Crippen molar-refractivity contribution in [1.29, 1.82) is 0 Å². The number of nitrogens with one attached hydrogen (secondary N) is 1. The van der Waals surface area contributed by atoms with Gasteiger partial charge in [-0.15, -0.1) is 11.3 Å². The third-order valence-corrected chi connectivity index (χ3v) is 5.92. The van der Waals surface area contributed by atoms with Crippen molar-refractivity contribution in [3.63, 3.8) is 0 Å². The lowest BCUT2D eigenvalue weighted by Gasteiger charge is -2.15. The molecule has 0 unspecified atom stereocenters. The van der Waals surface area contributed by atoms with Crippen molar-refractivity contribution < 1.29 is 9.59 Å². The molecule has 1 aliphatic heterocycles. The molecule has 1 aromatic heterocycles. The van der Waals surface area contributed by atoms with Gasteiger partial charge in [0.05, 0.1) is 12.1 Å². The van der Waals surface area contributed by atoms with Crippen LogP contribution in [0.4, 0.5) is 11.4 Å². The maximum atomic E-state index is 12.4. The summed E-state index contributed by atoms with van der Waals surface area (Å²) in [5.74, 6) is 0.115. The molecule has 2 heterocycles. The van der Waals surface area contributed by atoms with Gasteiger partial charge in [-0.05, 0) is 44.0 Å². The Kier molecular flexibility index (Phi) is 5.45. The standard InChI is InChI=1S/C23H23N3O2S/c1-15-5-10-19(16(2)12-15)24-21(27)13-22-25-20(14-29-22)17-6-8-18(9-7-17)26-11-3-4-23(26)28/h5-10,12,14H,3-4,11,13H2,1-2H3,(H,24,27). The number of hydrogen-bond donors (Lipinski definition) is 1. The van der Waals surface area contributed by atoms with Crippen LogP contribution in [0.2, 0.25) is 0 Å². The number of carbonyl (C=O) groups is 2. The van der Waals surface area contributed by atoms with Gasteiger partial charge in [-0.2, -0.15) is 0 Å². The van der Waals surface area contributed by atoms with Crippen molar-refractivity contribution in [2.24, 2.45) is 0 Å². The molecule has 0 atom stereocenters. The van der Waals surface area contributed by atoms with E-state index in [0.29, 0.717) is 6.42 Å². The van der Waals surface area contributed by atoms with Gasteiger partial charge in [0.1, 0.15) is 5.01 Å². The van der Waals surface area contributed by atoms with Crippen LogP contribution in [0, 0.1) is 13.8 Å². The molecule has 1 saturated heterocycles. The summed E-state index contributed by atoms with van der Waals surface area (Å²) >= 11 is 1.48. The highest BCUT2D eigenvalue weighted by Crippen LogP contribution is 2.27. The summed E-state index contributed by atoms with van der Waals surface area (Å²) in [6, 6.07) is 13.9. The first kappa shape index (κ1) is 19.3. The van der Waals surface area contributed by atoms with E-state index < -0.39 is 0 Å². The van der Waals surface area contributed by atoms with Crippen molar-refractivity contribution in [2.75, 3.05) is 16.8 Å². The van der Waals surface area contributed by atoms with Crippen LogP contribution in [-0.2, 0) is 16.0 Å². The van der Waals surface area contributed by atoms with E-state index >= 15 is 0 Å². The Hall–Kier alpha value is -2.99. The number of amides is 2. The van der Waals surface area contributed by atoms with Gasteiger partial charge in [-0.25, -0.2) is 4.98 Å². The number of carbonyl (C=O) groups excluding carboxylic acids is 2. The molecule has 2 aromatic carbocycles. The Bertz CT molecular complexity index is 1060. The van der Waals surface area contributed by atoms with E-state index in [2.05, 4.69) is 16.4 Å². The Balaban J connectivity index is 1.41. The van der Waals surface area contributed by atoms with E-state index in [4.69, 9.17) is 0 Å². The van der Waals surface area contributed by atoms with Crippen LogP contribution in [0.1, 0.15) is 29.0 Å². The summed E-state index contributed by atoms with van der Waals surface area (Å²) in [4.78, 5) is 30.7. The van der Waals surface area contributed by atoms with Gasteiger partial charge in [-0.3, -0.25) is 9.59 Å². The minimum atomic E-state index is -0.0688. The number of rotatable bonds is 5. The van der Waals surface area contributed by atoms with Crippen LogP contribution in [0.5, 0.6) is 0 Å². The lowest BCUT2D eigenvalue weighted by atomic mass is 10.1.